The summed E-state index contributed by atoms with van der Waals surface area (Å²) in [7, 11) is 1.46. The Hall–Kier alpha value is -2.16. The molecule has 0 aliphatic heterocycles. The molecule has 0 saturated heterocycles. The summed E-state index contributed by atoms with van der Waals surface area (Å²) >= 11 is 0. The van der Waals surface area contributed by atoms with Gasteiger partial charge in [-0.15, -0.1) is 0 Å². The fourth-order valence-electron chi connectivity index (χ4n) is 2.18. The predicted molar refractivity (Wildman–Crippen MR) is 84.8 cm³/mol. The zero-order valence-corrected chi connectivity index (χ0v) is 12.4. The lowest BCUT2D eigenvalue weighted by atomic mass is 10.1. The smallest absolute Gasteiger partial charge is 0.165 e. The summed E-state index contributed by atoms with van der Waals surface area (Å²) in [5, 5.41) is 0. The fourth-order valence-corrected chi connectivity index (χ4v) is 2.18. The van der Waals surface area contributed by atoms with Gasteiger partial charge in [-0.2, -0.15) is 0 Å². The molecule has 0 heterocycles. The molecule has 0 amide bonds. The molecule has 0 unspecified atom stereocenters. The van der Waals surface area contributed by atoms with E-state index in [0.29, 0.717) is 6.42 Å². The van der Waals surface area contributed by atoms with Crippen molar-refractivity contribution in [3.8, 4) is 5.75 Å². The summed E-state index contributed by atoms with van der Waals surface area (Å²) < 4.78 is 18.5. The van der Waals surface area contributed by atoms with Gasteiger partial charge in [0.05, 0.1) is 13.2 Å². The Labute approximate surface area is 125 Å². The van der Waals surface area contributed by atoms with Crippen LogP contribution in [0.4, 0.5) is 4.39 Å². The number of halogens is 1. The van der Waals surface area contributed by atoms with Crippen LogP contribution in [0.25, 0.3) is 0 Å². The first-order chi connectivity index (χ1) is 10.2. The lowest BCUT2D eigenvalue weighted by Crippen LogP contribution is -2.04. The third-order valence-corrected chi connectivity index (χ3v) is 3.28. The van der Waals surface area contributed by atoms with Crippen LogP contribution in [0.1, 0.15) is 18.1 Å². The van der Waals surface area contributed by atoms with Crippen LogP contribution in [0.2, 0.25) is 0 Å². The fraction of sp³-hybridized carbons (Fsp3) is 0.278. The maximum atomic E-state index is 13.6. The number of hydrogen-bond acceptors (Lipinski definition) is 2. The van der Waals surface area contributed by atoms with Gasteiger partial charge in [-0.05, 0) is 36.6 Å². The van der Waals surface area contributed by atoms with Crippen LogP contribution in [0.3, 0.4) is 0 Å². The molecule has 0 bridgehead atoms. The van der Waals surface area contributed by atoms with Gasteiger partial charge in [0.25, 0.3) is 0 Å². The van der Waals surface area contributed by atoms with Gasteiger partial charge in [-0.3, -0.25) is 4.99 Å². The first-order valence-electron chi connectivity index (χ1n) is 7.07. The van der Waals surface area contributed by atoms with Gasteiger partial charge in [-0.25, -0.2) is 4.39 Å². The predicted octanol–water partition coefficient (Wildman–Crippen LogP) is 4.08. The van der Waals surface area contributed by atoms with E-state index in [-0.39, 0.29) is 17.6 Å². The second kappa shape index (κ2) is 7.58. The lowest BCUT2D eigenvalue weighted by Gasteiger charge is -2.06. The van der Waals surface area contributed by atoms with E-state index in [1.54, 1.807) is 6.07 Å². The first-order valence-corrected chi connectivity index (χ1v) is 7.07. The van der Waals surface area contributed by atoms with E-state index in [4.69, 9.17) is 4.74 Å². The number of benzene rings is 2. The van der Waals surface area contributed by atoms with Crippen LogP contribution in [0.5, 0.6) is 5.75 Å². The summed E-state index contributed by atoms with van der Waals surface area (Å²) in [6.45, 7) is 2.08. The highest BCUT2D eigenvalue weighted by atomic mass is 19.1. The Morgan fingerprint density at radius 3 is 2.57 bits per heavy atom. The molecule has 0 spiro atoms. The number of ether oxygens (including phenoxy) is 1. The molecule has 0 N–H and O–H groups in total. The Bertz CT molecular complexity index is 595. The van der Waals surface area contributed by atoms with E-state index < -0.39 is 0 Å². The Morgan fingerprint density at radius 2 is 1.90 bits per heavy atom. The minimum Gasteiger partial charge on any atom is -0.494 e. The van der Waals surface area contributed by atoms with E-state index in [1.165, 1.54) is 18.7 Å². The van der Waals surface area contributed by atoms with E-state index in [9.17, 15) is 4.39 Å². The van der Waals surface area contributed by atoms with Crippen LogP contribution in [0.15, 0.2) is 53.5 Å². The standard InChI is InChI=1S/C18H20FNO/c1-14(12-15-6-4-3-5-7-15)20-11-10-16-8-9-18(21-2)17(19)13-16/h3-9,11,13-14H,10,12H2,1-2H3/t14-/m1/s1. The van der Waals surface area contributed by atoms with Crippen molar-refractivity contribution in [3.63, 3.8) is 0 Å². The monoisotopic (exact) mass is 285 g/mol. The average molecular weight is 285 g/mol. The SMILES string of the molecule is COc1ccc(CC=N[C@H](C)Cc2ccccc2)cc1F. The molecule has 21 heavy (non-hydrogen) atoms. The van der Waals surface area contributed by atoms with Crippen molar-refractivity contribution >= 4 is 6.21 Å². The molecule has 0 saturated carbocycles. The zero-order valence-electron chi connectivity index (χ0n) is 12.4. The summed E-state index contributed by atoms with van der Waals surface area (Å²) in [5.74, 6) is -0.0612. The van der Waals surface area contributed by atoms with Crippen molar-refractivity contribution < 1.29 is 9.13 Å². The molecule has 0 radical (unpaired) electrons. The summed E-state index contributed by atoms with van der Waals surface area (Å²) in [4.78, 5) is 4.51. The number of methoxy groups -OCH3 is 1. The molecule has 2 aromatic carbocycles. The van der Waals surface area contributed by atoms with Gasteiger partial charge in [0.2, 0.25) is 0 Å². The van der Waals surface area contributed by atoms with E-state index in [0.717, 1.165) is 12.0 Å². The molecule has 0 fully saturated rings. The Morgan fingerprint density at radius 1 is 1.14 bits per heavy atom. The number of aliphatic imine (C=N–C) groups is 1. The normalized spacial score (nSPS) is 12.5. The molecule has 0 aromatic heterocycles. The molecule has 110 valence electrons. The van der Waals surface area contributed by atoms with E-state index >= 15 is 0 Å². The van der Waals surface area contributed by atoms with Crippen LogP contribution < -0.4 is 4.74 Å². The van der Waals surface area contributed by atoms with Gasteiger partial charge >= 0.3 is 0 Å². The third kappa shape index (κ3) is 4.71. The van der Waals surface area contributed by atoms with Gasteiger partial charge in [0.1, 0.15) is 0 Å². The maximum absolute atomic E-state index is 13.6. The lowest BCUT2D eigenvalue weighted by molar-refractivity contribution is 0.386. The van der Waals surface area contributed by atoms with E-state index in [1.807, 2.05) is 30.5 Å². The topological polar surface area (TPSA) is 21.6 Å². The molecule has 2 nitrogen and oxygen atoms in total. The van der Waals surface area contributed by atoms with Crippen molar-refractivity contribution in [2.45, 2.75) is 25.8 Å². The second-order valence-corrected chi connectivity index (χ2v) is 5.04. The summed E-state index contributed by atoms with van der Waals surface area (Å²) in [6.07, 6.45) is 3.39. The Kier molecular flexibility index (Phi) is 5.50. The molecule has 0 aliphatic carbocycles. The molecule has 2 rings (SSSR count). The minimum atomic E-state index is -0.333. The third-order valence-electron chi connectivity index (χ3n) is 3.28. The van der Waals surface area contributed by atoms with Gasteiger partial charge in [-0.1, -0.05) is 36.4 Å². The van der Waals surface area contributed by atoms with Gasteiger partial charge in [0, 0.05) is 12.6 Å². The van der Waals surface area contributed by atoms with Crippen molar-refractivity contribution in [3.05, 3.63) is 65.5 Å². The van der Waals surface area contributed by atoms with Crippen LogP contribution >= 0.6 is 0 Å². The first kappa shape index (κ1) is 15.2. The second-order valence-electron chi connectivity index (χ2n) is 5.04. The van der Waals surface area contributed by atoms with Crippen LogP contribution in [0, 0.1) is 5.82 Å². The highest BCUT2D eigenvalue weighted by molar-refractivity contribution is 5.62. The minimum absolute atomic E-state index is 0.218. The van der Waals surface area contributed by atoms with Crippen LogP contribution in [-0.2, 0) is 12.8 Å². The van der Waals surface area contributed by atoms with Crippen molar-refractivity contribution in [2.75, 3.05) is 7.11 Å². The molecular weight excluding hydrogens is 265 g/mol. The molecule has 0 aliphatic rings. The quantitative estimate of drug-likeness (QED) is 0.733. The highest BCUT2D eigenvalue weighted by Gasteiger charge is 2.03. The molecule has 2 aromatic rings. The van der Waals surface area contributed by atoms with Crippen LogP contribution in [-0.4, -0.2) is 19.4 Å². The van der Waals surface area contributed by atoms with Crippen molar-refractivity contribution in [2.24, 2.45) is 4.99 Å². The summed E-state index contributed by atoms with van der Waals surface area (Å²) in [5.41, 5.74) is 2.17. The average Bonchev–Trinajstić information content (AvgIpc) is 2.48. The number of hydrogen-bond donors (Lipinski definition) is 0. The largest absolute Gasteiger partial charge is 0.494 e. The molecular formula is C18H20FNO. The molecule has 1 atom stereocenters. The number of rotatable bonds is 6. The highest BCUT2D eigenvalue weighted by Crippen LogP contribution is 2.17. The Balaban J connectivity index is 1.88. The van der Waals surface area contributed by atoms with Crippen molar-refractivity contribution in [1.82, 2.24) is 0 Å². The van der Waals surface area contributed by atoms with Gasteiger partial charge < -0.3 is 4.74 Å². The number of nitrogens with zero attached hydrogens (tertiary/aromatic N) is 1. The maximum Gasteiger partial charge on any atom is 0.165 e. The van der Waals surface area contributed by atoms with Crippen molar-refractivity contribution in [1.29, 1.82) is 0 Å². The molecule has 3 heteroatoms. The summed E-state index contributed by atoms with van der Waals surface area (Å²) in [6, 6.07) is 15.5. The van der Waals surface area contributed by atoms with E-state index in [2.05, 4.69) is 24.0 Å². The zero-order chi connectivity index (χ0) is 15.1. The van der Waals surface area contributed by atoms with Gasteiger partial charge in [0.15, 0.2) is 11.6 Å².